The lowest BCUT2D eigenvalue weighted by Gasteiger charge is -2.27. The van der Waals surface area contributed by atoms with Gasteiger partial charge in [-0.2, -0.15) is 0 Å². The second-order valence-electron chi connectivity index (χ2n) is 10.6. The van der Waals surface area contributed by atoms with Gasteiger partial charge in [-0.3, -0.25) is 9.59 Å². The van der Waals surface area contributed by atoms with E-state index in [-0.39, 0.29) is 30.3 Å². The van der Waals surface area contributed by atoms with Crippen molar-refractivity contribution < 1.29 is 19.1 Å². The van der Waals surface area contributed by atoms with Gasteiger partial charge in [0.1, 0.15) is 0 Å². The van der Waals surface area contributed by atoms with Crippen molar-refractivity contribution in [1.82, 2.24) is 15.5 Å². The molecule has 0 spiro atoms. The van der Waals surface area contributed by atoms with E-state index in [0.29, 0.717) is 45.8 Å². The minimum absolute atomic E-state index is 0.0502. The topological polar surface area (TPSA) is 91.9 Å². The number of allylic oxidation sites excluding steroid dienone is 1. The molecule has 0 radical (unpaired) electrons. The van der Waals surface area contributed by atoms with Crippen LogP contribution in [0.5, 0.6) is 0 Å². The number of likely N-dealkylation sites (tertiary alicyclic amines) is 1. The summed E-state index contributed by atoms with van der Waals surface area (Å²) in [6.45, 7) is 21.8. The molecule has 3 N–H and O–H groups in total. The summed E-state index contributed by atoms with van der Waals surface area (Å²) in [6.07, 6.45) is 5.99. The number of anilines is 1. The maximum Gasteiger partial charge on any atom is 0.243 e. The van der Waals surface area contributed by atoms with E-state index < -0.39 is 0 Å². The summed E-state index contributed by atoms with van der Waals surface area (Å²) in [6, 6.07) is 7.83. The first-order valence-corrected chi connectivity index (χ1v) is 14.6. The Labute approximate surface area is 241 Å². The number of hydrogen-bond donors (Lipinski definition) is 3. The molecule has 0 aliphatic carbocycles. The fraction of sp³-hybridized carbons (Fsp3) is 0.562. The zero-order chi connectivity index (χ0) is 29.3. The first kappa shape index (κ1) is 33.1. The number of carbonyl (C=O) groups is 2. The number of rotatable bonds is 21. The highest BCUT2D eigenvalue weighted by atomic mass is 16.5. The molecule has 2 rings (SSSR count). The summed E-state index contributed by atoms with van der Waals surface area (Å²) in [5, 5.41) is 9.52. The molecule has 222 valence electrons. The maximum atomic E-state index is 12.4. The highest BCUT2D eigenvalue weighted by Gasteiger charge is 2.23. The molecule has 0 bridgehead atoms. The summed E-state index contributed by atoms with van der Waals surface area (Å²) < 4.78 is 11.5. The van der Waals surface area contributed by atoms with Crippen LogP contribution in [0.3, 0.4) is 0 Å². The third-order valence-corrected chi connectivity index (χ3v) is 6.92. The molecule has 1 aliphatic rings. The number of ether oxygens (including phenoxy) is 2. The molecule has 8 heteroatoms. The van der Waals surface area contributed by atoms with Gasteiger partial charge < -0.3 is 30.3 Å². The molecule has 8 nitrogen and oxygen atoms in total. The van der Waals surface area contributed by atoms with Crippen LogP contribution in [-0.4, -0.2) is 62.3 Å². The first-order chi connectivity index (χ1) is 19.2. The van der Waals surface area contributed by atoms with Crippen LogP contribution >= 0.6 is 0 Å². The standard InChI is InChI=1S/C32H50N4O4/c1-7-28-12-14-29(15-13-28)35-30(37)23-33-27(6)32(24(2)3)34-25(4)17-21-39-19-9-8-10-20-40-22-18-36-26(5)11-16-31(36)38/h12-15,24,32-34H,4-11,16-23H2,1-3H3,(H,35,37). The van der Waals surface area contributed by atoms with Crippen molar-refractivity contribution in [2.45, 2.75) is 71.8 Å². The molecular formula is C32H50N4O4. The smallest absolute Gasteiger partial charge is 0.243 e. The number of aryl methyl sites for hydroxylation is 1. The fourth-order valence-electron chi connectivity index (χ4n) is 4.40. The average molecular weight is 555 g/mol. The minimum atomic E-state index is -0.114. The predicted octanol–water partition coefficient (Wildman–Crippen LogP) is 5.15. The number of amides is 2. The van der Waals surface area contributed by atoms with Gasteiger partial charge in [0.2, 0.25) is 11.8 Å². The molecule has 1 aromatic rings. The molecule has 1 unspecified atom stereocenters. The van der Waals surface area contributed by atoms with E-state index in [0.717, 1.165) is 54.9 Å². The number of hydrogen-bond acceptors (Lipinski definition) is 6. The Hall–Kier alpha value is -3.10. The van der Waals surface area contributed by atoms with Crippen molar-refractivity contribution >= 4 is 17.5 Å². The largest absolute Gasteiger partial charge is 0.381 e. The molecule has 1 aromatic carbocycles. The van der Waals surface area contributed by atoms with E-state index in [4.69, 9.17) is 9.47 Å². The van der Waals surface area contributed by atoms with Gasteiger partial charge in [-0.05, 0) is 55.7 Å². The highest BCUT2D eigenvalue weighted by Crippen LogP contribution is 2.19. The molecular weight excluding hydrogens is 504 g/mol. The highest BCUT2D eigenvalue weighted by molar-refractivity contribution is 5.92. The number of unbranched alkanes of at least 4 members (excludes halogenated alkanes) is 2. The Bertz CT molecular complexity index is 958. The van der Waals surface area contributed by atoms with Crippen LogP contribution < -0.4 is 16.0 Å². The van der Waals surface area contributed by atoms with Crippen LogP contribution in [0.2, 0.25) is 0 Å². The van der Waals surface area contributed by atoms with E-state index in [9.17, 15) is 9.59 Å². The Morgan fingerprint density at radius 1 is 1.00 bits per heavy atom. The number of carbonyl (C=O) groups excluding carboxylic acids is 2. The number of nitrogens with zero attached hydrogens (tertiary/aromatic N) is 1. The molecule has 0 aromatic heterocycles. The van der Waals surface area contributed by atoms with E-state index in [2.05, 4.69) is 56.5 Å². The zero-order valence-corrected chi connectivity index (χ0v) is 24.9. The maximum absolute atomic E-state index is 12.4. The van der Waals surface area contributed by atoms with Crippen LogP contribution in [0.1, 0.15) is 64.9 Å². The van der Waals surface area contributed by atoms with Crippen LogP contribution in [0.25, 0.3) is 0 Å². The summed E-state index contributed by atoms with van der Waals surface area (Å²) in [7, 11) is 0. The second kappa shape index (κ2) is 18.3. The molecule has 1 fully saturated rings. The van der Waals surface area contributed by atoms with Crippen molar-refractivity contribution in [2.75, 3.05) is 44.8 Å². The third-order valence-electron chi connectivity index (χ3n) is 6.92. The van der Waals surface area contributed by atoms with Gasteiger partial charge in [0.05, 0.1) is 25.8 Å². The minimum Gasteiger partial charge on any atom is -0.381 e. The lowest BCUT2D eigenvalue weighted by Crippen LogP contribution is -2.41. The predicted molar refractivity (Wildman–Crippen MR) is 163 cm³/mol. The molecule has 40 heavy (non-hydrogen) atoms. The van der Waals surface area contributed by atoms with E-state index >= 15 is 0 Å². The molecule has 1 aliphatic heterocycles. The normalized spacial score (nSPS) is 13.9. The Morgan fingerprint density at radius 2 is 1.68 bits per heavy atom. The lowest BCUT2D eigenvalue weighted by molar-refractivity contribution is -0.127. The molecule has 1 heterocycles. The summed E-state index contributed by atoms with van der Waals surface area (Å²) in [5.41, 5.74) is 4.56. The number of nitrogens with one attached hydrogen (secondary N) is 3. The van der Waals surface area contributed by atoms with Gasteiger partial charge >= 0.3 is 0 Å². The van der Waals surface area contributed by atoms with Gasteiger partial charge in [0.25, 0.3) is 0 Å². The summed E-state index contributed by atoms with van der Waals surface area (Å²) in [5.74, 6) is 0.301. The van der Waals surface area contributed by atoms with Crippen molar-refractivity contribution in [3.8, 4) is 0 Å². The van der Waals surface area contributed by atoms with Gasteiger partial charge in [-0.25, -0.2) is 0 Å². The Morgan fingerprint density at radius 3 is 2.27 bits per heavy atom. The van der Waals surface area contributed by atoms with Crippen molar-refractivity contribution in [3.63, 3.8) is 0 Å². The summed E-state index contributed by atoms with van der Waals surface area (Å²) >= 11 is 0. The van der Waals surface area contributed by atoms with E-state index in [1.165, 1.54) is 5.56 Å². The van der Waals surface area contributed by atoms with Gasteiger partial charge in [0.15, 0.2) is 0 Å². The average Bonchev–Trinajstić information content (AvgIpc) is 3.25. The molecule has 0 saturated carbocycles. The molecule has 1 atom stereocenters. The SMILES string of the molecule is C=C(CCOCCCCCOCCN1C(=C)CCC1=O)NC(C(=C)NCC(=O)Nc1ccc(CC)cc1)C(C)C. The van der Waals surface area contributed by atoms with Crippen LogP contribution in [0.15, 0.2) is 61.1 Å². The van der Waals surface area contributed by atoms with E-state index in [1.807, 2.05) is 24.3 Å². The van der Waals surface area contributed by atoms with Crippen LogP contribution in [0.4, 0.5) is 5.69 Å². The second-order valence-corrected chi connectivity index (χ2v) is 10.6. The van der Waals surface area contributed by atoms with Crippen LogP contribution in [0, 0.1) is 5.92 Å². The van der Waals surface area contributed by atoms with E-state index in [1.54, 1.807) is 4.90 Å². The van der Waals surface area contributed by atoms with Crippen molar-refractivity contribution in [1.29, 1.82) is 0 Å². The van der Waals surface area contributed by atoms with Gasteiger partial charge in [0, 0.05) is 55.4 Å². The fourth-order valence-corrected chi connectivity index (χ4v) is 4.40. The Balaban J connectivity index is 1.52. The number of benzene rings is 1. The molecule has 1 saturated heterocycles. The van der Waals surface area contributed by atoms with Gasteiger partial charge in [-0.15, -0.1) is 0 Å². The van der Waals surface area contributed by atoms with Crippen LogP contribution in [-0.2, 0) is 25.5 Å². The zero-order valence-electron chi connectivity index (χ0n) is 24.9. The Kier molecular flexibility index (Phi) is 15.1. The lowest BCUT2D eigenvalue weighted by atomic mass is 10.0. The third kappa shape index (κ3) is 12.4. The molecule has 2 amide bonds. The first-order valence-electron chi connectivity index (χ1n) is 14.6. The summed E-state index contributed by atoms with van der Waals surface area (Å²) in [4.78, 5) is 25.8. The van der Waals surface area contributed by atoms with Crippen molar-refractivity contribution in [2.24, 2.45) is 5.92 Å². The van der Waals surface area contributed by atoms with Gasteiger partial charge in [-0.1, -0.05) is 52.6 Å². The quantitative estimate of drug-likeness (QED) is 0.182. The van der Waals surface area contributed by atoms with Crippen molar-refractivity contribution in [3.05, 3.63) is 66.7 Å². The monoisotopic (exact) mass is 554 g/mol.